The van der Waals surface area contributed by atoms with Gasteiger partial charge in [0.25, 0.3) is 17.5 Å². The first kappa shape index (κ1) is 16.8. The van der Waals surface area contributed by atoms with Crippen LogP contribution in [0.2, 0.25) is 0 Å². The lowest BCUT2D eigenvalue weighted by atomic mass is 10.2. The van der Waals surface area contributed by atoms with Gasteiger partial charge >= 0.3 is 0 Å². The molecule has 0 spiro atoms. The molecule has 9 nitrogen and oxygen atoms in total. The number of carbonyl (C=O) groups is 2. The van der Waals surface area contributed by atoms with Crippen LogP contribution in [0.25, 0.3) is 11.0 Å². The normalized spacial score (nSPS) is 11.3. The Balaban J connectivity index is 1.98. The second kappa shape index (κ2) is 6.85. The van der Waals surface area contributed by atoms with E-state index >= 15 is 0 Å². The van der Waals surface area contributed by atoms with E-state index in [-0.39, 0.29) is 22.4 Å². The van der Waals surface area contributed by atoms with Crippen LogP contribution in [0.3, 0.4) is 0 Å². The Bertz CT molecular complexity index is 1100. The van der Waals surface area contributed by atoms with Gasteiger partial charge in [-0.1, -0.05) is 24.3 Å². The maximum Gasteiger partial charge on any atom is 0.271 e. The van der Waals surface area contributed by atoms with Crippen LogP contribution in [0.5, 0.6) is 0 Å². The van der Waals surface area contributed by atoms with Crippen molar-refractivity contribution >= 4 is 28.5 Å². The van der Waals surface area contributed by atoms with E-state index in [4.69, 9.17) is 10.2 Å². The van der Waals surface area contributed by atoms with E-state index in [0.29, 0.717) is 11.0 Å². The number of hydrogen-bond acceptors (Lipinski definition) is 6. The van der Waals surface area contributed by atoms with Gasteiger partial charge in [0.2, 0.25) is 5.55 Å². The Labute approximate surface area is 145 Å². The first-order valence-electron chi connectivity index (χ1n) is 7.37. The lowest BCUT2D eigenvalue weighted by Crippen LogP contribution is -2.27. The minimum absolute atomic E-state index is 0.0111. The summed E-state index contributed by atoms with van der Waals surface area (Å²) in [7, 11) is 0. The van der Waals surface area contributed by atoms with Crippen molar-refractivity contribution < 1.29 is 18.9 Å². The third kappa shape index (κ3) is 3.41. The molecule has 3 N–H and O–H groups in total. The van der Waals surface area contributed by atoms with Gasteiger partial charge in [0.15, 0.2) is 0 Å². The van der Waals surface area contributed by atoms with E-state index < -0.39 is 16.7 Å². The molecule has 1 aromatic heterocycles. The number of non-ortho nitro benzene ring substituents is 1. The zero-order chi connectivity index (χ0) is 18.7. The van der Waals surface area contributed by atoms with Crippen LogP contribution in [-0.4, -0.2) is 16.7 Å². The van der Waals surface area contributed by atoms with E-state index in [1.54, 1.807) is 24.3 Å². The summed E-state index contributed by atoms with van der Waals surface area (Å²) < 4.78 is 5.51. The Hall–Kier alpha value is -4.01. The molecular formula is C17H12N4O5. The highest BCUT2D eigenvalue weighted by Gasteiger charge is 2.12. The molecule has 0 aliphatic carbocycles. The van der Waals surface area contributed by atoms with E-state index in [0.717, 1.165) is 6.07 Å². The topological polar surface area (TPSA) is 141 Å². The number of amides is 2. The van der Waals surface area contributed by atoms with Crippen LogP contribution in [0.1, 0.15) is 20.7 Å². The summed E-state index contributed by atoms with van der Waals surface area (Å²) >= 11 is 0. The predicted molar refractivity (Wildman–Crippen MR) is 90.9 cm³/mol. The number of carbonyl (C=O) groups excluding carboxylic acids is 2. The van der Waals surface area contributed by atoms with Gasteiger partial charge in [-0.05, 0) is 18.2 Å². The molecule has 26 heavy (non-hydrogen) atoms. The highest BCUT2D eigenvalue weighted by molar-refractivity contribution is 5.96. The van der Waals surface area contributed by atoms with Crippen molar-refractivity contribution in [2.75, 3.05) is 0 Å². The molecule has 130 valence electrons. The van der Waals surface area contributed by atoms with Gasteiger partial charge < -0.3 is 10.2 Å². The molecule has 3 rings (SSSR count). The second-order valence-electron chi connectivity index (χ2n) is 5.23. The van der Waals surface area contributed by atoms with Gasteiger partial charge in [0.05, 0.1) is 4.92 Å². The Morgan fingerprint density at radius 2 is 1.88 bits per heavy atom. The third-order valence-electron chi connectivity index (χ3n) is 3.50. The fourth-order valence-corrected chi connectivity index (χ4v) is 2.26. The molecule has 0 atom stereocenters. The van der Waals surface area contributed by atoms with E-state index in [1.807, 2.05) is 0 Å². The average molecular weight is 352 g/mol. The van der Waals surface area contributed by atoms with Crippen LogP contribution >= 0.6 is 0 Å². The number of nitro groups is 1. The summed E-state index contributed by atoms with van der Waals surface area (Å²) in [6, 6.07) is 13.5. The molecular weight excluding hydrogens is 340 g/mol. The maximum atomic E-state index is 12.2. The van der Waals surface area contributed by atoms with Crippen molar-refractivity contribution in [1.82, 2.24) is 5.43 Å². The number of benzene rings is 2. The van der Waals surface area contributed by atoms with Crippen LogP contribution in [-0.2, 0) is 0 Å². The van der Waals surface area contributed by atoms with Crippen LogP contribution in [0.15, 0.2) is 64.1 Å². The Morgan fingerprint density at radius 3 is 2.62 bits per heavy atom. The standard InChI is InChI=1S/C17H12N4O5/c18-15(22)13-9-10-4-1-2-7-14(10)26-17(13)20-19-16(23)11-5-3-6-12(8-11)21(24)25/h1-9H,(H2,18,22)(H,19,23). The molecule has 2 aromatic carbocycles. The SMILES string of the molecule is NC(=O)c1cc2ccccc2oc1=NNC(=O)c1cccc([N+](=O)[O-])c1. The summed E-state index contributed by atoms with van der Waals surface area (Å²) in [6.07, 6.45) is 0. The molecule has 3 aromatic rings. The molecule has 2 amide bonds. The minimum Gasteiger partial charge on any atom is -0.436 e. The van der Waals surface area contributed by atoms with Gasteiger partial charge in [-0.15, -0.1) is 5.10 Å². The van der Waals surface area contributed by atoms with Crippen LogP contribution < -0.4 is 16.7 Å². The second-order valence-corrected chi connectivity index (χ2v) is 5.23. The average Bonchev–Trinajstić information content (AvgIpc) is 2.65. The van der Waals surface area contributed by atoms with Crippen molar-refractivity contribution in [2.24, 2.45) is 10.8 Å². The first-order chi connectivity index (χ1) is 12.5. The van der Waals surface area contributed by atoms with E-state index in [9.17, 15) is 19.7 Å². The summed E-state index contributed by atoms with van der Waals surface area (Å²) in [5.41, 5.74) is 7.60. The maximum absolute atomic E-state index is 12.2. The summed E-state index contributed by atoms with van der Waals surface area (Å²) in [4.78, 5) is 33.9. The van der Waals surface area contributed by atoms with Crippen molar-refractivity contribution in [3.8, 4) is 0 Å². The Kier molecular flexibility index (Phi) is 4.44. The fourth-order valence-electron chi connectivity index (χ4n) is 2.26. The number of para-hydroxylation sites is 1. The number of rotatable bonds is 4. The molecule has 0 radical (unpaired) electrons. The van der Waals surface area contributed by atoms with Crippen molar-refractivity contribution in [1.29, 1.82) is 0 Å². The molecule has 0 bridgehead atoms. The van der Waals surface area contributed by atoms with Crippen molar-refractivity contribution in [3.63, 3.8) is 0 Å². The molecule has 1 heterocycles. The predicted octanol–water partition coefficient (Wildman–Crippen LogP) is 1.69. The monoisotopic (exact) mass is 352 g/mol. The largest absolute Gasteiger partial charge is 0.436 e. The molecule has 9 heteroatoms. The third-order valence-corrected chi connectivity index (χ3v) is 3.50. The number of fused-ring (bicyclic) bond motifs is 1. The summed E-state index contributed by atoms with van der Waals surface area (Å²) in [5, 5.41) is 15.2. The van der Waals surface area contributed by atoms with Gasteiger partial charge in [-0.2, -0.15) is 0 Å². The van der Waals surface area contributed by atoms with E-state index in [2.05, 4.69) is 10.5 Å². The molecule has 0 fully saturated rings. The van der Waals surface area contributed by atoms with Gasteiger partial charge in [0, 0.05) is 23.1 Å². The highest BCUT2D eigenvalue weighted by Crippen LogP contribution is 2.14. The molecule has 0 aliphatic heterocycles. The molecule has 0 saturated carbocycles. The molecule has 0 unspecified atom stereocenters. The summed E-state index contributed by atoms with van der Waals surface area (Å²) in [5.74, 6) is -1.48. The quantitative estimate of drug-likeness (QED) is 0.543. The van der Waals surface area contributed by atoms with Gasteiger partial charge in [0.1, 0.15) is 11.1 Å². The number of hydrogen-bond donors (Lipinski definition) is 2. The van der Waals surface area contributed by atoms with Crippen LogP contribution in [0, 0.1) is 10.1 Å². The zero-order valence-electron chi connectivity index (χ0n) is 13.2. The lowest BCUT2D eigenvalue weighted by Gasteiger charge is -2.03. The first-order valence-corrected chi connectivity index (χ1v) is 7.37. The van der Waals surface area contributed by atoms with Crippen molar-refractivity contribution in [3.05, 3.63) is 81.4 Å². The number of nitro benzene ring substituents is 1. The van der Waals surface area contributed by atoms with Crippen molar-refractivity contribution in [2.45, 2.75) is 0 Å². The summed E-state index contributed by atoms with van der Waals surface area (Å²) in [6.45, 7) is 0. The van der Waals surface area contributed by atoms with Crippen LogP contribution in [0.4, 0.5) is 5.69 Å². The minimum atomic E-state index is -0.775. The lowest BCUT2D eigenvalue weighted by molar-refractivity contribution is -0.384. The number of nitrogens with one attached hydrogen (secondary N) is 1. The number of primary amides is 1. The smallest absolute Gasteiger partial charge is 0.271 e. The number of nitrogens with two attached hydrogens (primary N) is 1. The molecule has 0 aliphatic rings. The molecule has 0 saturated heterocycles. The van der Waals surface area contributed by atoms with Gasteiger partial charge in [-0.3, -0.25) is 19.7 Å². The highest BCUT2D eigenvalue weighted by atomic mass is 16.6. The Morgan fingerprint density at radius 1 is 1.12 bits per heavy atom. The van der Waals surface area contributed by atoms with Gasteiger partial charge in [-0.25, -0.2) is 5.43 Å². The zero-order valence-corrected chi connectivity index (χ0v) is 13.2. The fraction of sp³-hybridized carbons (Fsp3) is 0. The number of nitrogens with zero attached hydrogens (tertiary/aromatic N) is 2. The van der Waals surface area contributed by atoms with E-state index in [1.165, 1.54) is 24.3 Å².